The number of nitrogens with zero attached hydrogens (tertiary/aromatic N) is 4. The Labute approximate surface area is 155 Å². The molecular formula is C16H18N4O2S3. The predicted octanol–water partition coefficient (Wildman–Crippen LogP) is 2.57. The molecule has 0 saturated carbocycles. The molecule has 0 aliphatic carbocycles. The van der Waals surface area contributed by atoms with Crippen molar-refractivity contribution >= 4 is 39.0 Å². The zero-order valence-corrected chi connectivity index (χ0v) is 15.9. The number of aromatic nitrogens is 3. The number of thiophene rings is 1. The molecule has 0 N–H and O–H groups in total. The predicted molar refractivity (Wildman–Crippen MR) is 101 cm³/mol. The zero-order valence-electron chi connectivity index (χ0n) is 13.5. The summed E-state index contributed by atoms with van der Waals surface area (Å²) in [5, 5.41) is 6.61. The van der Waals surface area contributed by atoms with E-state index in [0.29, 0.717) is 24.4 Å². The summed E-state index contributed by atoms with van der Waals surface area (Å²) in [6.07, 6.45) is 2.55. The van der Waals surface area contributed by atoms with Crippen molar-refractivity contribution in [3.63, 3.8) is 0 Å². The van der Waals surface area contributed by atoms with Crippen LogP contribution in [0.3, 0.4) is 0 Å². The standard InChI is InChI=1S/C16H18N4O2S3/c21-25(22)9-6-13(11-25)18(10-14-4-3-8-24-14)12-20-16(23)19-7-2-1-5-15(19)17-20/h1-5,7-8,13H,6,9-12H2/t13-/m1/s1. The van der Waals surface area contributed by atoms with Crippen LogP contribution in [0.15, 0.2) is 41.9 Å². The van der Waals surface area contributed by atoms with E-state index < -0.39 is 9.84 Å². The van der Waals surface area contributed by atoms with E-state index in [2.05, 4.69) is 16.1 Å². The van der Waals surface area contributed by atoms with Crippen molar-refractivity contribution in [3.05, 3.63) is 51.6 Å². The first-order valence-electron chi connectivity index (χ1n) is 8.03. The molecule has 4 heterocycles. The maximum Gasteiger partial charge on any atom is 0.203 e. The lowest BCUT2D eigenvalue weighted by Gasteiger charge is -2.27. The first kappa shape index (κ1) is 16.9. The molecule has 1 aliphatic heterocycles. The normalized spacial score (nSPS) is 19.8. The molecule has 1 saturated heterocycles. The summed E-state index contributed by atoms with van der Waals surface area (Å²) >= 11 is 7.21. The molecule has 3 aromatic heterocycles. The molecule has 25 heavy (non-hydrogen) atoms. The van der Waals surface area contributed by atoms with Gasteiger partial charge in [0.05, 0.1) is 18.2 Å². The van der Waals surface area contributed by atoms with Gasteiger partial charge >= 0.3 is 0 Å². The average molecular weight is 395 g/mol. The third kappa shape index (κ3) is 3.55. The number of hydrogen-bond acceptors (Lipinski definition) is 6. The molecule has 1 fully saturated rings. The van der Waals surface area contributed by atoms with Gasteiger partial charge in [0.1, 0.15) is 0 Å². The lowest BCUT2D eigenvalue weighted by Crippen LogP contribution is -2.37. The molecule has 0 amide bonds. The minimum atomic E-state index is -2.95. The van der Waals surface area contributed by atoms with Crippen molar-refractivity contribution in [1.29, 1.82) is 0 Å². The second-order valence-corrected chi connectivity index (χ2v) is 9.86. The highest BCUT2D eigenvalue weighted by molar-refractivity contribution is 7.91. The molecule has 0 unspecified atom stereocenters. The largest absolute Gasteiger partial charge is 0.275 e. The van der Waals surface area contributed by atoms with Gasteiger partial charge in [-0.2, -0.15) is 5.10 Å². The SMILES string of the molecule is O=S1(=O)CC[C@@H](N(Cc2cccs2)Cn2nc3ccccn3c2=S)C1. The average Bonchev–Trinajstić information content (AvgIpc) is 3.28. The maximum absolute atomic E-state index is 11.9. The van der Waals surface area contributed by atoms with Gasteiger partial charge in [-0.25, -0.2) is 13.1 Å². The van der Waals surface area contributed by atoms with Gasteiger partial charge in [0.25, 0.3) is 0 Å². The van der Waals surface area contributed by atoms with Crippen molar-refractivity contribution in [1.82, 2.24) is 19.1 Å². The van der Waals surface area contributed by atoms with Crippen LogP contribution in [-0.4, -0.2) is 45.0 Å². The van der Waals surface area contributed by atoms with Crippen molar-refractivity contribution in [2.24, 2.45) is 0 Å². The van der Waals surface area contributed by atoms with Crippen LogP contribution in [0, 0.1) is 4.77 Å². The first-order chi connectivity index (χ1) is 12.0. The number of rotatable bonds is 5. The van der Waals surface area contributed by atoms with E-state index in [1.165, 1.54) is 4.88 Å². The van der Waals surface area contributed by atoms with Gasteiger partial charge in [-0.1, -0.05) is 12.1 Å². The minimum Gasteiger partial charge on any atom is -0.275 e. The summed E-state index contributed by atoms with van der Waals surface area (Å²) in [5.41, 5.74) is 0.794. The quantitative estimate of drug-likeness (QED) is 0.623. The van der Waals surface area contributed by atoms with Gasteiger partial charge in [-0.05, 0) is 42.2 Å². The highest BCUT2D eigenvalue weighted by Gasteiger charge is 2.32. The number of fused-ring (bicyclic) bond motifs is 1. The van der Waals surface area contributed by atoms with E-state index in [0.717, 1.165) is 5.65 Å². The third-order valence-electron chi connectivity index (χ3n) is 4.47. The van der Waals surface area contributed by atoms with Crippen LogP contribution < -0.4 is 0 Å². The Morgan fingerprint density at radius 1 is 1.32 bits per heavy atom. The lowest BCUT2D eigenvalue weighted by atomic mass is 10.2. The van der Waals surface area contributed by atoms with Gasteiger partial charge in [-0.3, -0.25) is 9.30 Å². The van der Waals surface area contributed by atoms with Crippen LogP contribution in [0.1, 0.15) is 11.3 Å². The number of sulfone groups is 1. The third-order valence-corrected chi connectivity index (χ3v) is 7.49. The van der Waals surface area contributed by atoms with Gasteiger partial charge in [0, 0.05) is 23.7 Å². The maximum atomic E-state index is 11.9. The summed E-state index contributed by atoms with van der Waals surface area (Å²) in [4.78, 5) is 3.39. The molecule has 6 nitrogen and oxygen atoms in total. The Bertz CT molecular complexity index is 1040. The van der Waals surface area contributed by atoms with Gasteiger partial charge in [0.2, 0.25) is 4.77 Å². The molecule has 1 atom stereocenters. The Morgan fingerprint density at radius 2 is 2.20 bits per heavy atom. The van der Waals surface area contributed by atoms with Crippen molar-refractivity contribution < 1.29 is 8.42 Å². The Balaban J connectivity index is 1.65. The van der Waals surface area contributed by atoms with Gasteiger partial charge in [-0.15, -0.1) is 11.3 Å². The van der Waals surface area contributed by atoms with Crippen LogP contribution >= 0.6 is 23.6 Å². The Morgan fingerprint density at radius 3 is 2.88 bits per heavy atom. The Kier molecular flexibility index (Phi) is 4.48. The van der Waals surface area contributed by atoms with E-state index >= 15 is 0 Å². The zero-order chi connectivity index (χ0) is 17.4. The van der Waals surface area contributed by atoms with Gasteiger partial charge < -0.3 is 0 Å². The monoisotopic (exact) mass is 394 g/mol. The van der Waals surface area contributed by atoms with Crippen LogP contribution in [0.2, 0.25) is 0 Å². The fraction of sp³-hybridized carbons (Fsp3) is 0.375. The fourth-order valence-electron chi connectivity index (χ4n) is 3.19. The molecule has 0 aromatic carbocycles. The van der Waals surface area contributed by atoms with E-state index in [9.17, 15) is 8.42 Å². The molecule has 0 bridgehead atoms. The summed E-state index contributed by atoms with van der Waals surface area (Å²) in [5.74, 6) is 0.467. The van der Waals surface area contributed by atoms with E-state index in [4.69, 9.17) is 12.2 Å². The van der Waals surface area contributed by atoms with Crippen LogP contribution in [0.4, 0.5) is 0 Å². The van der Waals surface area contributed by atoms with Crippen molar-refractivity contribution in [2.75, 3.05) is 11.5 Å². The molecular weight excluding hydrogens is 376 g/mol. The molecule has 132 valence electrons. The number of pyridine rings is 1. The van der Waals surface area contributed by atoms with Crippen LogP contribution in [0.25, 0.3) is 5.65 Å². The molecule has 0 spiro atoms. The van der Waals surface area contributed by atoms with Crippen LogP contribution in [-0.2, 0) is 23.1 Å². The summed E-state index contributed by atoms with van der Waals surface area (Å²) in [7, 11) is -2.95. The highest BCUT2D eigenvalue weighted by Crippen LogP contribution is 2.22. The molecule has 3 aromatic rings. The smallest absolute Gasteiger partial charge is 0.203 e. The van der Waals surface area contributed by atoms with Gasteiger partial charge in [0.15, 0.2) is 15.5 Å². The topological polar surface area (TPSA) is 59.6 Å². The molecule has 9 heteroatoms. The second kappa shape index (κ2) is 6.64. The van der Waals surface area contributed by atoms with Crippen molar-refractivity contribution in [3.8, 4) is 0 Å². The summed E-state index contributed by atoms with van der Waals surface area (Å²) in [6.45, 7) is 1.19. The van der Waals surface area contributed by atoms with E-state index in [1.54, 1.807) is 16.0 Å². The van der Waals surface area contributed by atoms with E-state index in [-0.39, 0.29) is 17.5 Å². The first-order valence-corrected chi connectivity index (χ1v) is 11.1. The van der Waals surface area contributed by atoms with E-state index in [1.807, 2.05) is 40.2 Å². The molecule has 1 aliphatic rings. The highest BCUT2D eigenvalue weighted by atomic mass is 32.2. The number of hydrogen-bond donors (Lipinski definition) is 0. The lowest BCUT2D eigenvalue weighted by molar-refractivity contribution is 0.148. The van der Waals surface area contributed by atoms with Crippen LogP contribution in [0.5, 0.6) is 0 Å². The van der Waals surface area contributed by atoms with Crippen molar-refractivity contribution in [2.45, 2.75) is 25.7 Å². The molecule has 0 radical (unpaired) electrons. The molecule has 4 rings (SSSR count). The summed E-state index contributed by atoms with van der Waals surface area (Å²) in [6, 6.07) is 9.84. The Hall–Kier alpha value is -1.55. The minimum absolute atomic E-state index is 0.00110. The fourth-order valence-corrected chi connectivity index (χ4v) is 5.94. The second-order valence-electron chi connectivity index (χ2n) is 6.24. The summed E-state index contributed by atoms with van der Waals surface area (Å²) < 4.78 is 28.1.